The van der Waals surface area contributed by atoms with Crippen LogP contribution in [0.1, 0.15) is 34.1 Å². The number of morpholine rings is 1. The van der Waals surface area contributed by atoms with Crippen LogP contribution in [-0.2, 0) is 9.53 Å². The van der Waals surface area contributed by atoms with Crippen LogP contribution in [0, 0.1) is 5.92 Å². The first-order valence-electron chi connectivity index (χ1n) is 7.22. The van der Waals surface area contributed by atoms with Crippen LogP contribution in [0.25, 0.3) is 0 Å². The fourth-order valence-electron chi connectivity index (χ4n) is 2.35. The standard InChI is InChI=1S/C14H28N2O3/c1-10(2)7-13(14(17)18)15-8-12-9-16(11(3)4)5-6-19-12/h10-13,15H,5-9H2,1-4H3,(H,17,18). The maximum atomic E-state index is 11.2. The number of carboxylic acids is 1. The quantitative estimate of drug-likeness (QED) is 0.729. The van der Waals surface area contributed by atoms with Crippen molar-refractivity contribution in [1.29, 1.82) is 0 Å². The van der Waals surface area contributed by atoms with Gasteiger partial charge in [0.15, 0.2) is 0 Å². The number of nitrogens with one attached hydrogen (secondary N) is 1. The lowest BCUT2D eigenvalue weighted by Crippen LogP contribution is -2.51. The molecule has 5 heteroatoms. The molecule has 1 rings (SSSR count). The molecule has 0 saturated carbocycles. The molecule has 19 heavy (non-hydrogen) atoms. The van der Waals surface area contributed by atoms with Crippen LogP contribution < -0.4 is 5.32 Å². The van der Waals surface area contributed by atoms with Gasteiger partial charge in [-0.2, -0.15) is 0 Å². The van der Waals surface area contributed by atoms with Crippen molar-refractivity contribution in [1.82, 2.24) is 10.2 Å². The van der Waals surface area contributed by atoms with E-state index < -0.39 is 12.0 Å². The maximum Gasteiger partial charge on any atom is 0.320 e. The van der Waals surface area contributed by atoms with E-state index in [1.54, 1.807) is 0 Å². The summed E-state index contributed by atoms with van der Waals surface area (Å²) < 4.78 is 5.70. The predicted molar refractivity (Wildman–Crippen MR) is 75.3 cm³/mol. The summed E-state index contributed by atoms with van der Waals surface area (Å²) in [5, 5.41) is 12.3. The lowest BCUT2D eigenvalue weighted by Gasteiger charge is -2.36. The molecule has 1 saturated heterocycles. The first-order chi connectivity index (χ1) is 8.90. The van der Waals surface area contributed by atoms with Gasteiger partial charge in [0.05, 0.1) is 12.7 Å². The molecule has 1 fully saturated rings. The zero-order chi connectivity index (χ0) is 14.4. The molecular formula is C14H28N2O3. The summed E-state index contributed by atoms with van der Waals surface area (Å²) in [7, 11) is 0. The van der Waals surface area contributed by atoms with Gasteiger partial charge in [-0.3, -0.25) is 9.69 Å². The highest BCUT2D eigenvalue weighted by Crippen LogP contribution is 2.10. The molecule has 1 heterocycles. The number of carbonyl (C=O) groups is 1. The number of nitrogens with zero attached hydrogens (tertiary/aromatic N) is 1. The molecule has 112 valence electrons. The molecule has 2 N–H and O–H groups in total. The Morgan fingerprint density at radius 1 is 1.42 bits per heavy atom. The molecule has 0 aromatic rings. The van der Waals surface area contributed by atoms with Crippen LogP contribution in [0.5, 0.6) is 0 Å². The van der Waals surface area contributed by atoms with Crippen molar-refractivity contribution in [3.63, 3.8) is 0 Å². The third-order valence-electron chi connectivity index (χ3n) is 3.50. The molecule has 2 atom stereocenters. The molecule has 0 aromatic heterocycles. The zero-order valence-corrected chi connectivity index (χ0v) is 12.6. The fourth-order valence-corrected chi connectivity index (χ4v) is 2.35. The van der Waals surface area contributed by atoms with Crippen molar-refractivity contribution >= 4 is 5.97 Å². The van der Waals surface area contributed by atoms with E-state index in [0.717, 1.165) is 19.7 Å². The topological polar surface area (TPSA) is 61.8 Å². The number of hydrogen-bond donors (Lipinski definition) is 2. The van der Waals surface area contributed by atoms with Gasteiger partial charge in [0.25, 0.3) is 0 Å². The Kier molecular flexibility index (Phi) is 6.75. The van der Waals surface area contributed by atoms with E-state index >= 15 is 0 Å². The van der Waals surface area contributed by atoms with Crippen LogP contribution in [0.3, 0.4) is 0 Å². The summed E-state index contributed by atoms with van der Waals surface area (Å²) in [6, 6.07) is 0.0374. The second kappa shape index (κ2) is 7.82. The summed E-state index contributed by atoms with van der Waals surface area (Å²) in [6.45, 7) is 11.6. The minimum Gasteiger partial charge on any atom is -0.480 e. The van der Waals surface area contributed by atoms with Crippen molar-refractivity contribution in [2.75, 3.05) is 26.2 Å². The van der Waals surface area contributed by atoms with Crippen LogP contribution >= 0.6 is 0 Å². The van der Waals surface area contributed by atoms with E-state index in [4.69, 9.17) is 4.74 Å². The van der Waals surface area contributed by atoms with E-state index in [0.29, 0.717) is 24.9 Å². The van der Waals surface area contributed by atoms with E-state index in [9.17, 15) is 9.90 Å². The minimum absolute atomic E-state index is 0.0881. The van der Waals surface area contributed by atoms with Gasteiger partial charge in [-0.05, 0) is 26.2 Å². The van der Waals surface area contributed by atoms with Gasteiger partial charge >= 0.3 is 5.97 Å². The van der Waals surface area contributed by atoms with Gasteiger partial charge in [0, 0.05) is 25.7 Å². The molecule has 0 bridgehead atoms. The first kappa shape index (κ1) is 16.4. The van der Waals surface area contributed by atoms with Crippen molar-refractivity contribution in [3.05, 3.63) is 0 Å². The van der Waals surface area contributed by atoms with Gasteiger partial charge in [-0.1, -0.05) is 13.8 Å². The Balaban J connectivity index is 2.39. The van der Waals surface area contributed by atoms with Crippen molar-refractivity contribution in [2.24, 2.45) is 5.92 Å². The lowest BCUT2D eigenvalue weighted by molar-refractivity contribution is -0.140. The highest BCUT2D eigenvalue weighted by molar-refractivity contribution is 5.73. The smallest absolute Gasteiger partial charge is 0.320 e. The summed E-state index contributed by atoms with van der Waals surface area (Å²) in [5.74, 6) is -0.404. The third-order valence-corrected chi connectivity index (χ3v) is 3.50. The Morgan fingerprint density at radius 2 is 2.11 bits per heavy atom. The third kappa shape index (κ3) is 5.89. The predicted octanol–water partition coefficient (Wildman–Crippen LogP) is 1.18. The number of aliphatic carboxylic acids is 1. The second-order valence-electron chi connectivity index (χ2n) is 6.01. The molecule has 5 nitrogen and oxygen atoms in total. The summed E-state index contributed by atoms with van der Waals surface area (Å²) in [5.41, 5.74) is 0. The Bertz CT molecular complexity index is 282. The Labute approximate surface area is 116 Å². The average Bonchev–Trinajstić information content (AvgIpc) is 2.34. The van der Waals surface area contributed by atoms with Gasteiger partial charge in [-0.25, -0.2) is 0 Å². The summed E-state index contributed by atoms with van der Waals surface area (Å²) in [4.78, 5) is 13.5. The van der Waals surface area contributed by atoms with E-state index in [1.807, 2.05) is 13.8 Å². The Morgan fingerprint density at radius 3 is 2.63 bits per heavy atom. The van der Waals surface area contributed by atoms with Crippen LogP contribution in [0.4, 0.5) is 0 Å². The highest BCUT2D eigenvalue weighted by Gasteiger charge is 2.24. The number of ether oxygens (including phenoxy) is 1. The van der Waals surface area contributed by atoms with Gasteiger partial charge in [0.1, 0.15) is 6.04 Å². The number of carboxylic acid groups (broad SMARTS) is 1. The number of hydrogen-bond acceptors (Lipinski definition) is 4. The molecule has 0 spiro atoms. The van der Waals surface area contributed by atoms with E-state index in [1.165, 1.54) is 0 Å². The van der Waals surface area contributed by atoms with Crippen molar-refractivity contribution in [3.8, 4) is 0 Å². The molecule has 0 radical (unpaired) electrons. The van der Waals surface area contributed by atoms with Crippen LogP contribution in [0.2, 0.25) is 0 Å². The molecule has 0 aromatic carbocycles. The molecule has 0 aliphatic carbocycles. The van der Waals surface area contributed by atoms with Crippen LogP contribution in [-0.4, -0.2) is 60.4 Å². The second-order valence-corrected chi connectivity index (χ2v) is 6.01. The molecule has 0 amide bonds. The summed E-state index contributed by atoms with van der Waals surface area (Å²) in [6.07, 6.45) is 0.737. The lowest BCUT2D eigenvalue weighted by atomic mass is 10.0. The number of rotatable bonds is 7. The monoisotopic (exact) mass is 272 g/mol. The SMILES string of the molecule is CC(C)CC(NCC1CN(C(C)C)CCO1)C(=O)O. The highest BCUT2D eigenvalue weighted by atomic mass is 16.5. The van der Waals surface area contributed by atoms with Crippen molar-refractivity contribution in [2.45, 2.75) is 52.3 Å². The molecule has 1 aliphatic rings. The molecule has 1 aliphatic heterocycles. The molecule has 2 unspecified atom stereocenters. The van der Waals surface area contributed by atoms with Gasteiger partial charge in [-0.15, -0.1) is 0 Å². The maximum absolute atomic E-state index is 11.2. The normalized spacial score (nSPS) is 22.9. The van der Waals surface area contributed by atoms with Crippen molar-refractivity contribution < 1.29 is 14.6 Å². The van der Waals surface area contributed by atoms with E-state index in [-0.39, 0.29) is 6.10 Å². The zero-order valence-electron chi connectivity index (χ0n) is 12.6. The minimum atomic E-state index is -0.773. The largest absolute Gasteiger partial charge is 0.480 e. The first-order valence-corrected chi connectivity index (χ1v) is 7.22. The Hall–Kier alpha value is -0.650. The average molecular weight is 272 g/mol. The van der Waals surface area contributed by atoms with E-state index in [2.05, 4.69) is 24.1 Å². The van der Waals surface area contributed by atoms with Gasteiger partial charge in [0.2, 0.25) is 0 Å². The van der Waals surface area contributed by atoms with Gasteiger partial charge < -0.3 is 15.2 Å². The molecular weight excluding hydrogens is 244 g/mol. The van der Waals surface area contributed by atoms with Crippen LogP contribution in [0.15, 0.2) is 0 Å². The fraction of sp³-hybridized carbons (Fsp3) is 0.929. The summed E-state index contributed by atoms with van der Waals surface area (Å²) >= 11 is 0.